The molecule has 3 nitrogen and oxygen atoms in total. The summed E-state index contributed by atoms with van der Waals surface area (Å²) in [4.78, 5) is 3.72. The Morgan fingerprint density at radius 3 is 2.81 bits per heavy atom. The van der Waals surface area contributed by atoms with E-state index in [0.29, 0.717) is 18.8 Å². The molecule has 0 amide bonds. The predicted octanol–water partition coefficient (Wildman–Crippen LogP) is 3.54. The molecule has 1 aliphatic rings. The quantitative estimate of drug-likeness (QED) is 0.723. The topological polar surface area (TPSA) is 50.8 Å². The number of hydrogen-bond acceptors (Lipinski definition) is 4. The van der Waals surface area contributed by atoms with Crippen molar-refractivity contribution < 1.29 is 0 Å². The Bertz CT molecular complexity index is 503. The van der Waals surface area contributed by atoms with Crippen molar-refractivity contribution in [1.82, 2.24) is 4.90 Å². The van der Waals surface area contributed by atoms with Crippen LogP contribution in [-0.4, -0.2) is 30.3 Å². The van der Waals surface area contributed by atoms with Gasteiger partial charge < -0.3 is 4.90 Å². The molecule has 1 fully saturated rings. The van der Waals surface area contributed by atoms with Crippen LogP contribution in [0.4, 0.5) is 0 Å². The number of thioether (sulfide) groups is 1. The van der Waals surface area contributed by atoms with Crippen molar-refractivity contribution >= 4 is 11.8 Å². The first-order chi connectivity index (χ1) is 10.3. The summed E-state index contributed by atoms with van der Waals surface area (Å²) in [5.74, 6) is 1.87. The maximum atomic E-state index is 9.14. The van der Waals surface area contributed by atoms with E-state index in [1.807, 2.05) is 17.8 Å². The molecule has 1 saturated heterocycles. The molecule has 0 spiro atoms. The molecule has 0 saturated carbocycles. The van der Waals surface area contributed by atoms with Gasteiger partial charge in [-0.3, -0.25) is 0 Å². The molecule has 1 heterocycles. The molecule has 110 valence electrons. The van der Waals surface area contributed by atoms with Crippen LogP contribution in [0.1, 0.15) is 19.3 Å². The summed E-state index contributed by atoms with van der Waals surface area (Å²) in [6.45, 7) is 3.00. The van der Waals surface area contributed by atoms with Gasteiger partial charge in [0.1, 0.15) is 0 Å². The molecule has 1 aromatic rings. The zero-order chi connectivity index (χ0) is 14.9. The van der Waals surface area contributed by atoms with Gasteiger partial charge in [0.2, 0.25) is 0 Å². The lowest BCUT2D eigenvalue weighted by Gasteiger charge is -2.18. The highest BCUT2D eigenvalue weighted by Gasteiger charge is 2.24. The number of nitriles is 2. The second-order valence-electron chi connectivity index (χ2n) is 5.56. The molecular weight excluding hydrogens is 278 g/mol. The maximum absolute atomic E-state index is 9.14. The minimum Gasteiger partial charge on any atom is -0.302 e. The number of likely N-dealkylation sites (tertiary alicyclic amines) is 1. The summed E-state index contributed by atoms with van der Waals surface area (Å²) in [7, 11) is 0. The number of hydrogen-bond donors (Lipinski definition) is 0. The zero-order valence-electron chi connectivity index (χ0n) is 12.2. The first-order valence-corrected chi connectivity index (χ1v) is 8.47. The van der Waals surface area contributed by atoms with Gasteiger partial charge in [0.25, 0.3) is 0 Å². The second kappa shape index (κ2) is 8.72. The highest BCUT2D eigenvalue weighted by atomic mass is 32.2. The minimum absolute atomic E-state index is 0.00479. The highest BCUT2D eigenvalue weighted by molar-refractivity contribution is 7.99. The molecule has 1 aromatic carbocycles. The molecule has 2 unspecified atom stereocenters. The standard InChI is InChI=1S/C17H21N3S/c18-9-4-5-15(11-19)12-20-10-8-16(13-20)14-21-17-6-2-1-3-7-17/h1-3,6-7,15-16H,4-5,8,10,12-14H2. The van der Waals surface area contributed by atoms with Crippen molar-refractivity contribution in [2.45, 2.75) is 24.2 Å². The first-order valence-electron chi connectivity index (χ1n) is 7.48. The van der Waals surface area contributed by atoms with Crippen molar-refractivity contribution in [1.29, 1.82) is 10.5 Å². The van der Waals surface area contributed by atoms with Gasteiger partial charge in [-0.25, -0.2) is 0 Å². The first kappa shape index (κ1) is 15.9. The fourth-order valence-electron chi connectivity index (χ4n) is 2.69. The smallest absolute Gasteiger partial charge is 0.0669 e. The molecule has 21 heavy (non-hydrogen) atoms. The molecule has 0 aliphatic carbocycles. The van der Waals surface area contributed by atoms with E-state index in [9.17, 15) is 0 Å². The molecule has 0 N–H and O–H groups in total. The Labute approximate surface area is 131 Å². The van der Waals surface area contributed by atoms with Crippen LogP contribution in [0.3, 0.4) is 0 Å². The Hall–Kier alpha value is -1.49. The summed E-state index contributed by atoms with van der Waals surface area (Å²) in [6.07, 6.45) is 2.41. The molecule has 0 aromatic heterocycles. The average molecular weight is 299 g/mol. The SMILES string of the molecule is N#CCCC(C#N)CN1CCC(CSc2ccccc2)C1. The van der Waals surface area contributed by atoms with Crippen LogP contribution in [0.2, 0.25) is 0 Å². The summed E-state index contributed by atoms with van der Waals surface area (Å²) in [5, 5.41) is 17.8. The Balaban J connectivity index is 1.71. The largest absolute Gasteiger partial charge is 0.302 e. The van der Waals surface area contributed by atoms with Gasteiger partial charge in [-0.15, -0.1) is 11.8 Å². The lowest BCUT2D eigenvalue weighted by Crippen LogP contribution is -2.27. The number of rotatable bonds is 7. The second-order valence-corrected chi connectivity index (χ2v) is 6.65. The van der Waals surface area contributed by atoms with Gasteiger partial charge in [0.15, 0.2) is 0 Å². The third kappa shape index (κ3) is 5.42. The van der Waals surface area contributed by atoms with Crippen LogP contribution in [-0.2, 0) is 0 Å². The van der Waals surface area contributed by atoms with E-state index >= 15 is 0 Å². The van der Waals surface area contributed by atoms with Gasteiger partial charge in [0.05, 0.1) is 18.1 Å². The van der Waals surface area contributed by atoms with Gasteiger partial charge in [-0.05, 0) is 37.4 Å². The summed E-state index contributed by atoms with van der Waals surface area (Å²) in [6, 6.07) is 15.0. The minimum atomic E-state index is 0.00479. The van der Waals surface area contributed by atoms with Crippen molar-refractivity contribution in [3.8, 4) is 12.1 Å². The number of nitrogens with zero attached hydrogens (tertiary/aromatic N) is 3. The molecular formula is C17H21N3S. The maximum Gasteiger partial charge on any atom is 0.0669 e. The molecule has 2 rings (SSSR count). The molecule has 1 aliphatic heterocycles. The van der Waals surface area contributed by atoms with E-state index in [2.05, 4.69) is 41.3 Å². The van der Waals surface area contributed by atoms with Crippen molar-refractivity contribution in [2.24, 2.45) is 11.8 Å². The molecule has 2 atom stereocenters. The van der Waals surface area contributed by atoms with Crippen molar-refractivity contribution in [3.63, 3.8) is 0 Å². The van der Waals surface area contributed by atoms with E-state index < -0.39 is 0 Å². The fraction of sp³-hybridized carbons (Fsp3) is 0.529. The lowest BCUT2D eigenvalue weighted by molar-refractivity contribution is 0.292. The Morgan fingerprint density at radius 1 is 1.29 bits per heavy atom. The summed E-state index contributed by atoms with van der Waals surface area (Å²) < 4.78 is 0. The third-order valence-electron chi connectivity index (χ3n) is 3.86. The van der Waals surface area contributed by atoms with E-state index in [4.69, 9.17) is 10.5 Å². The van der Waals surface area contributed by atoms with Gasteiger partial charge in [-0.2, -0.15) is 10.5 Å². The monoisotopic (exact) mass is 299 g/mol. The molecule has 0 bridgehead atoms. The van der Waals surface area contributed by atoms with Crippen LogP contribution in [0.15, 0.2) is 35.2 Å². The average Bonchev–Trinajstić information content (AvgIpc) is 2.98. The van der Waals surface area contributed by atoms with Gasteiger partial charge in [-0.1, -0.05) is 18.2 Å². The van der Waals surface area contributed by atoms with Crippen LogP contribution in [0.25, 0.3) is 0 Å². The van der Waals surface area contributed by atoms with E-state index in [1.54, 1.807) is 0 Å². The lowest BCUT2D eigenvalue weighted by atomic mass is 10.1. The van der Waals surface area contributed by atoms with Gasteiger partial charge >= 0.3 is 0 Å². The van der Waals surface area contributed by atoms with Crippen LogP contribution >= 0.6 is 11.8 Å². The van der Waals surface area contributed by atoms with E-state index in [0.717, 1.165) is 25.4 Å². The highest BCUT2D eigenvalue weighted by Crippen LogP contribution is 2.26. The molecule has 4 heteroatoms. The van der Waals surface area contributed by atoms with Crippen LogP contribution in [0.5, 0.6) is 0 Å². The van der Waals surface area contributed by atoms with Gasteiger partial charge in [0, 0.05) is 30.2 Å². The predicted molar refractivity (Wildman–Crippen MR) is 85.7 cm³/mol. The number of benzene rings is 1. The normalized spacial score (nSPS) is 19.8. The van der Waals surface area contributed by atoms with E-state index in [1.165, 1.54) is 11.3 Å². The summed E-state index contributed by atoms with van der Waals surface area (Å²) in [5.41, 5.74) is 0. The van der Waals surface area contributed by atoms with Crippen LogP contribution in [0, 0.1) is 34.5 Å². The fourth-order valence-corrected chi connectivity index (χ4v) is 3.74. The summed E-state index contributed by atoms with van der Waals surface area (Å²) >= 11 is 1.92. The van der Waals surface area contributed by atoms with E-state index in [-0.39, 0.29) is 5.92 Å². The van der Waals surface area contributed by atoms with Crippen LogP contribution < -0.4 is 0 Å². The Kier molecular flexibility index (Phi) is 6.60. The van der Waals surface area contributed by atoms with Crippen molar-refractivity contribution in [2.75, 3.05) is 25.4 Å². The van der Waals surface area contributed by atoms with Crippen molar-refractivity contribution in [3.05, 3.63) is 30.3 Å². The zero-order valence-corrected chi connectivity index (χ0v) is 13.1. The molecule has 0 radical (unpaired) electrons. The third-order valence-corrected chi connectivity index (χ3v) is 5.11. The Morgan fingerprint density at radius 2 is 2.10 bits per heavy atom.